The van der Waals surface area contributed by atoms with Crippen LogP contribution in [0.1, 0.15) is 30.4 Å². The van der Waals surface area contributed by atoms with Crippen LogP contribution in [0.25, 0.3) is 11.0 Å². The lowest BCUT2D eigenvalue weighted by Crippen LogP contribution is -2.42. The molecule has 1 fully saturated rings. The lowest BCUT2D eigenvalue weighted by molar-refractivity contribution is -0.113. The molecule has 2 aliphatic heterocycles. The maximum atomic E-state index is 15.6. The fourth-order valence-corrected chi connectivity index (χ4v) is 5.52. The molecule has 0 atom stereocenters. The first-order chi connectivity index (χ1) is 16.5. The van der Waals surface area contributed by atoms with Crippen molar-refractivity contribution in [3.63, 3.8) is 0 Å². The summed E-state index contributed by atoms with van der Waals surface area (Å²) in [5.74, 6) is 1.08. The van der Waals surface area contributed by atoms with Crippen molar-refractivity contribution in [1.29, 1.82) is 0 Å². The second-order valence-corrected chi connectivity index (χ2v) is 10.1. The predicted molar refractivity (Wildman–Crippen MR) is 133 cm³/mol. The van der Waals surface area contributed by atoms with Crippen molar-refractivity contribution in [1.82, 2.24) is 14.9 Å². The molecule has 0 saturated carbocycles. The van der Waals surface area contributed by atoms with Gasteiger partial charge in [-0.3, -0.25) is 9.78 Å². The molecule has 4 heterocycles. The normalized spacial score (nSPS) is 17.9. The number of rotatable bonds is 7. The number of aromatic nitrogens is 2. The van der Waals surface area contributed by atoms with E-state index in [2.05, 4.69) is 38.4 Å². The second-order valence-electron chi connectivity index (χ2n) is 9.10. The standard InChI is InChI=1S/C26H29FN4O2S/c1-33-24-5-3-20-25(30-24)19(7-12-28-20)6-9-26(27)10-14-31(15-11-26)13-8-18-2-4-22-21(16-18)29-23(32)17-34-22/h2-5,7,12,16H,6,8-11,13-15,17H2,1H3,(H,29,32). The number of nitrogens with zero attached hydrogens (tertiary/aromatic N) is 3. The predicted octanol–water partition coefficient (Wildman–Crippen LogP) is 4.66. The zero-order valence-corrected chi connectivity index (χ0v) is 20.2. The van der Waals surface area contributed by atoms with E-state index in [-0.39, 0.29) is 5.91 Å². The summed E-state index contributed by atoms with van der Waals surface area (Å²) in [5.41, 5.74) is 3.57. The summed E-state index contributed by atoms with van der Waals surface area (Å²) in [6, 6.07) is 11.9. The molecule has 1 amide bonds. The minimum Gasteiger partial charge on any atom is -0.481 e. The lowest BCUT2D eigenvalue weighted by Gasteiger charge is -2.36. The Bertz CT molecular complexity index is 1200. The number of pyridine rings is 2. The van der Waals surface area contributed by atoms with Crippen LogP contribution in [0.4, 0.5) is 10.1 Å². The molecular formula is C26H29FN4O2S. The third kappa shape index (κ3) is 5.18. The molecule has 3 aromatic rings. The van der Waals surface area contributed by atoms with Crippen LogP contribution < -0.4 is 10.1 Å². The van der Waals surface area contributed by atoms with Gasteiger partial charge in [0.25, 0.3) is 0 Å². The van der Waals surface area contributed by atoms with Gasteiger partial charge in [0.05, 0.1) is 29.6 Å². The van der Waals surface area contributed by atoms with E-state index in [0.29, 0.717) is 37.3 Å². The number of benzene rings is 1. The molecule has 178 valence electrons. The molecule has 8 heteroatoms. The summed E-state index contributed by atoms with van der Waals surface area (Å²) >= 11 is 1.58. The van der Waals surface area contributed by atoms with E-state index < -0.39 is 5.67 Å². The molecule has 0 bridgehead atoms. The van der Waals surface area contributed by atoms with Crippen LogP contribution in [0.15, 0.2) is 47.5 Å². The number of aryl methyl sites for hydroxylation is 1. The molecule has 0 unspecified atom stereocenters. The van der Waals surface area contributed by atoms with Crippen molar-refractivity contribution >= 4 is 34.4 Å². The lowest BCUT2D eigenvalue weighted by atomic mass is 9.87. The van der Waals surface area contributed by atoms with Crippen molar-refractivity contribution in [2.45, 2.75) is 42.7 Å². The third-order valence-corrected chi connectivity index (χ3v) is 7.91. The smallest absolute Gasteiger partial charge is 0.234 e. The van der Waals surface area contributed by atoms with Gasteiger partial charge in [0.1, 0.15) is 5.67 Å². The Morgan fingerprint density at radius 1 is 1.18 bits per heavy atom. The first-order valence-electron chi connectivity index (χ1n) is 11.8. The van der Waals surface area contributed by atoms with E-state index in [0.717, 1.165) is 53.2 Å². The Morgan fingerprint density at radius 2 is 2.03 bits per heavy atom. The maximum Gasteiger partial charge on any atom is 0.234 e. The molecular weight excluding hydrogens is 451 g/mol. The molecule has 5 rings (SSSR count). The number of piperidine rings is 1. The van der Waals surface area contributed by atoms with Crippen molar-refractivity contribution in [3.05, 3.63) is 53.7 Å². The molecule has 2 aliphatic rings. The van der Waals surface area contributed by atoms with Crippen LogP contribution in [-0.2, 0) is 17.6 Å². The average Bonchev–Trinajstić information content (AvgIpc) is 2.86. The first-order valence-corrected chi connectivity index (χ1v) is 12.8. The number of amides is 1. The molecule has 6 nitrogen and oxygen atoms in total. The summed E-state index contributed by atoms with van der Waals surface area (Å²) in [7, 11) is 1.59. The van der Waals surface area contributed by atoms with E-state index in [1.807, 2.05) is 12.1 Å². The fourth-order valence-electron chi connectivity index (χ4n) is 4.74. The second kappa shape index (κ2) is 9.88. The molecule has 0 radical (unpaired) electrons. The Hall–Kier alpha value is -2.71. The van der Waals surface area contributed by atoms with E-state index in [4.69, 9.17) is 4.74 Å². The van der Waals surface area contributed by atoms with Crippen molar-refractivity contribution in [3.8, 4) is 5.88 Å². The number of methoxy groups -OCH3 is 1. The molecule has 1 saturated heterocycles. The number of fused-ring (bicyclic) bond motifs is 2. The summed E-state index contributed by atoms with van der Waals surface area (Å²) in [5, 5.41) is 2.96. The minimum atomic E-state index is -1.15. The van der Waals surface area contributed by atoms with Gasteiger partial charge in [-0.1, -0.05) is 6.07 Å². The monoisotopic (exact) mass is 480 g/mol. The number of alkyl halides is 1. The van der Waals surface area contributed by atoms with Gasteiger partial charge in [0.15, 0.2) is 0 Å². The topological polar surface area (TPSA) is 67.3 Å². The summed E-state index contributed by atoms with van der Waals surface area (Å²) < 4.78 is 20.9. The molecule has 34 heavy (non-hydrogen) atoms. The van der Waals surface area contributed by atoms with E-state index in [9.17, 15) is 4.79 Å². The molecule has 2 aromatic heterocycles. The minimum absolute atomic E-state index is 0.0552. The van der Waals surface area contributed by atoms with Crippen LogP contribution >= 0.6 is 11.8 Å². The van der Waals surface area contributed by atoms with Gasteiger partial charge in [0.2, 0.25) is 11.8 Å². The third-order valence-electron chi connectivity index (χ3n) is 6.84. The Kier molecular flexibility index (Phi) is 6.70. The highest BCUT2D eigenvalue weighted by Crippen LogP contribution is 2.34. The van der Waals surface area contributed by atoms with Crippen LogP contribution in [0.2, 0.25) is 0 Å². The van der Waals surface area contributed by atoms with Crippen molar-refractivity contribution in [2.75, 3.05) is 37.8 Å². The number of thioether (sulfide) groups is 1. The van der Waals surface area contributed by atoms with Gasteiger partial charge in [-0.2, -0.15) is 0 Å². The van der Waals surface area contributed by atoms with Crippen molar-refractivity contribution in [2.24, 2.45) is 0 Å². The number of nitrogens with one attached hydrogen (secondary N) is 1. The van der Waals surface area contributed by atoms with E-state index in [1.165, 1.54) is 5.56 Å². The number of carbonyl (C=O) groups is 1. The average molecular weight is 481 g/mol. The van der Waals surface area contributed by atoms with E-state index >= 15 is 4.39 Å². The summed E-state index contributed by atoms with van der Waals surface area (Å²) in [6.07, 6.45) is 4.87. The molecule has 1 N–H and O–H groups in total. The number of anilines is 1. The highest BCUT2D eigenvalue weighted by molar-refractivity contribution is 8.00. The number of likely N-dealkylation sites (tertiary alicyclic amines) is 1. The summed E-state index contributed by atoms with van der Waals surface area (Å²) in [6.45, 7) is 2.42. The fraction of sp³-hybridized carbons (Fsp3) is 0.423. The Morgan fingerprint density at radius 3 is 2.85 bits per heavy atom. The number of halogens is 1. The van der Waals surface area contributed by atoms with Crippen LogP contribution in [0.3, 0.4) is 0 Å². The Labute approximate surface area is 203 Å². The zero-order chi connectivity index (χ0) is 23.5. The van der Waals surface area contributed by atoms with Crippen LogP contribution in [-0.4, -0.2) is 58.9 Å². The van der Waals surface area contributed by atoms with Gasteiger partial charge in [-0.15, -0.1) is 11.8 Å². The van der Waals surface area contributed by atoms with Gasteiger partial charge in [-0.05, 0) is 67.5 Å². The molecule has 0 aliphatic carbocycles. The first kappa shape index (κ1) is 23.1. The zero-order valence-electron chi connectivity index (χ0n) is 19.3. The van der Waals surface area contributed by atoms with Gasteiger partial charge in [0, 0.05) is 36.8 Å². The maximum absolute atomic E-state index is 15.6. The number of ether oxygens (including phenoxy) is 1. The van der Waals surface area contributed by atoms with Crippen LogP contribution in [0, 0.1) is 0 Å². The number of hydrogen-bond acceptors (Lipinski definition) is 6. The highest BCUT2D eigenvalue weighted by atomic mass is 32.2. The van der Waals surface area contributed by atoms with E-state index in [1.54, 1.807) is 31.1 Å². The van der Waals surface area contributed by atoms with Gasteiger partial charge < -0.3 is 15.0 Å². The van der Waals surface area contributed by atoms with Crippen LogP contribution in [0.5, 0.6) is 5.88 Å². The van der Waals surface area contributed by atoms with Crippen molar-refractivity contribution < 1.29 is 13.9 Å². The quantitative estimate of drug-likeness (QED) is 0.531. The highest BCUT2D eigenvalue weighted by Gasteiger charge is 2.34. The Balaban J connectivity index is 1.14. The SMILES string of the molecule is COc1ccc2nccc(CCC3(F)CCN(CCc4ccc5c(c4)NC(=O)CS5)CC3)c2n1. The molecule has 0 spiro atoms. The largest absolute Gasteiger partial charge is 0.481 e. The summed E-state index contributed by atoms with van der Waals surface area (Å²) in [4.78, 5) is 24.0. The van der Waals surface area contributed by atoms with Gasteiger partial charge >= 0.3 is 0 Å². The number of hydrogen-bond donors (Lipinski definition) is 1. The molecule has 1 aromatic carbocycles. The number of carbonyl (C=O) groups excluding carboxylic acids is 1. The van der Waals surface area contributed by atoms with Gasteiger partial charge in [-0.25, -0.2) is 9.37 Å².